The fourth-order valence-electron chi connectivity index (χ4n) is 2.40. The van der Waals surface area contributed by atoms with Gasteiger partial charge in [0, 0.05) is 17.6 Å². The van der Waals surface area contributed by atoms with Crippen molar-refractivity contribution in [3.8, 4) is 0 Å². The quantitative estimate of drug-likeness (QED) is 0.767. The molecule has 0 aliphatic carbocycles. The van der Waals surface area contributed by atoms with Gasteiger partial charge >= 0.3 is 0 Å². The molecular formula is C14H17BrN6. The van der Waals surface area contributed by atoms with E-state index in [2.05, 4.69) is 43.8 Å². The molecule has 3 aromatic rings. The Morgan fingerprint density at radius 1 is 1.33 bits per heavy atom. The number of imidazole rings is 1. The normalized spacial score (nSPS) is 11.4. The predicted octanol–water partition coefficient (Wildman–Crippen LogP) is 2.31. The van der Waals surface area contributed by atoms with E-state index < -0.39 is 0 Å². The number of rotatable bonds is 5. The van der Waals surface area contributed by atoms with Gasteiger partial charge in [0.2, 0.25) is 0 Å². The molecule has 0 unspecified atom stereocenters. The lowest BCUT2D eigenvalue weighted by atomic mass is 10.3. The van der Waals surface area contributed by atoms with Crippen LogP contribution in [-0.2, 0) is 19.6 Å². The number of hydrogen-bond acceptors (Lipinski definition) is 4. The molecular weight excluding hydrogens is 332 g/mol. The fraction of sp³-hybridized carbons (Fsp3) is 0.357. The second-order valence-electron chi connectivity index (χ2n) is 4.92. The minimum Gasteiger partial charge on any atom is -0.326 e. The molecule has 0 spiro atoms. The standard InChI is InChI=1S/C14H17BrN6/c1-2-5-21-13-4-3-10(15)6-12(13)17-14(21)9-20-8-11(7-16)18-19-20/h3-4,6,8H,2,5,7,9,16H2,1H3. The van der Waals surface area contributed by atoms with Gasteiger partial charge in [-0.3, -0.25) is 0 Å². The summed E-state index contributed by atoms with van der Waals surface area (Å²) in [5.41, 5.74) is 8.50. The van der Waals surface area contributed by atoms with Crippen LogP contribution in [-0.4, -0.2) is 24.5 Å². The Hall–Kier alpha value is -1.73. The summed E-state index contributed by atoms with van der Waals surface area (Å²) < 4.78 is 5.06. The van der Waals surface area contributed by atoms with Gasteiger partial charge in [-0.25, -0.2) is 9.67 Å². The van der Waals surface area contributed by atoms with Gasteiger partial charge in [-0.05, 0) is 24.6 Å². The van der Waals surface area contributed by atoms with Gasteiger partial charge < -0.3 is 10.3 Å². The van der Waals surface area contributed by atoms with Crippen molar-refractivity contribution < 1.29 is 0 Å². The van der Waals surface area contributed by atoms with Crippen LogP contribution in [0.4, 0.5) is 0 Å². The van der Waals surface area contributed by atoms with Gasteiger partial charge in [0.05, 0.1) is 22.9 Å². The zero-order chi connectivity index (χ0) is 14.8. The van der Waals surface area contributed by atoms with Crippen molar-refractivity contribution in [3.05, 3.63) is 40.4 Å². The number of aryl methyl sites for hydroxylation is 1. The zero-order valence-corrected chi connectivity index (χ0v) is 13.4. The van der Waals surface area contributed by atoms with Crippen LogP contribution >= 0.6 is 15.9 Å². The molecule has 0 aliphatic rings. The molecule has 2 heterocycles. The average Bonchev–Trinajstić information content (AvgIpc) is 3.05. The first-order valence-electron chi connectivity index (χ1n) is 6.95. The molecule has 0 bridgehead atoms. The van der Waals surface area contributed by atoms with E-state index in [4.69, 9.17) is 10.7 Å². The monoisotopic (exact) mass is 348 g/mol. The third-order valence-electron chi connectivity index (χ3n) is 3.34. The molecule has 2 N–H and O–H groups in total. The van der Waals surface area contributed by atoms with Crippen LogP contribution < -0.4 is 5.73 Å². The predicted molar refractivity (Wildman–Crippen MR) is 84.7 cm³/mol. The highest BCUT2D eigenvalue weighted by Crippen LogP contribution is 2.21. The van der Waals surface area contributed by atoms with Crippen LogP contribution in [0.25, 0.3) is 11.0 Å². The minimum atomic E-state index is 0.401. The summed E-state index contributed by atoms with van der Waals surface area (Å²) >= 11 is 3.49. The van der Waals surface area contributed by atoms with Gasteiger partial charge in [0.1, 0.15) is 12.4 Å². The van der Waals surface area contributed by atoms with Crippen LogP contribution in [0, 0.1) is 0 Å². The second-order valence-corrected chi connectivity index (χ2v) is 5.84. The van der Waals surface area contributed by atoms with Crippen LogP contribution in [0.15, 0.2) is 28.9 Å². The highest BCUT2D eigenvalue weighted by molar-refractivity contribution is 9.10. The Morgan fingerprint density at radius 3 is 2.90 bits per heavy atom. The van der Waals surface area contributed by atoms with Crippen molar-refractivity contribution in [3.63, 3.8) is 0 Å². The molecule has 0 amide bonds. The molecule has 0 saturated carbocycles. The number of hydrogen-bond donors (Lipinski definition) is 1. The van der Waals surface area contributed by atoms with E-state index in [0.29, 0.717) is 13.1 Å². The topological polar surface area (TPSA) is 74.5 Å². The zero-order valence-electron chi connectivity index (χ0n) is 11.8. The molecule has 0 atom stereocenters. The molecule has 0 aliphatic heterocycles. The molecule has 110 valence electrons. The van der Waals surface area contributed by atoms with Crippen molar-refractivity contribution >= 4 is 27.0 Å². The summed E-state index contributed by atoms with van der Waals surface area (Å²) in [7, 11) is 0. The molecule has 6 nitrogen and oxygen atoms in total. The molecule has 1 aromatic carbocycles. The number of fused-ring (bicyclic) bond motifs is 1. The van der Waals surface area contributed by atoms with Gasteiger partial charge in [-0.15, -0.1) is 5.10 Å². The number of nitrogens with zero attached hydrogens (tertiary/aromatic N) is 5. The maximum Gasteiger partial charge on any atom is 0.131 e. The summed E-state index contributed by atoms with van der Waals surface area (Å²) in [4.78, 5) is 4.74. The molecule has 0 saturated heterocycles. The first kappa shape index (κ1) is 14.2. The van der Waals surface area contributed by atoms with Crippen LogP contribution in [0.3, 0.4) is 0 Å². The molecule has 2 aromatic heterocycles. The van der Waals surface area contributed by atoms with E-state index in [1.54, 1.807) is 4.68 Å². The van der Waals surface area contributed by atoms with Gasteiger partial charge in [0.15, 0.2) is 0 Å². The SMILES string of the molecule is CCCn1c(Cn2cc(CN)nn2)nc2cc(Br)ccc21. The van der Waals surface area contributed by atoms with Crippen molar-refractivity contribution in [1.82, 2.24) is 24.5 Å². The summed E-state index contributed by atoms with van der Waals surface area (Å²) in [5.74, 6) is 0.985. The highest BCUT2D eigenvalue weighted by atomic mass is 79.9. The summed E-state index contributed by atoms with van der Waals surface area (Å²) in [6.45, 7) is 4.10. The maximum atomic E-state index is 5.57. The van der Waals surface area contributed by atoms with Crippen molar-refractivity contribution in [1.29, 1.82) is 0 Å². The highest BCUT2D eigenvalue weighted by Gasteiger charge is 2.12. The summed E-state index contributed by atoms with van der Waals surface area (Å²) in [6, 6.07) is 6.18. The average molecular weight is 349 g/mol. The number of aromatic nitrogens is 5. The first-order valence-corrected chi connectivity index (χ1v) is 7.74. The Balaban J connectivity index is 2.01. The smallest absolute Gasteiger partial charge is 0.131 e. The summed E-state index contributed by atoms with van der Waals surface area (Å²) in [6.07, 6.45) is 2.92. The number of benzene rings is 1. The molecule has 0 radical (unpaired) electrons. The largest absolute Gasteiger partial charge is 0.326 e. The van der Waals surface area contributed by atoms with Crippen LogP contribution in [0.5, 0.6) is 0 Å². The van der Waals surface area contributed by atoms with Crippen LogP contribution in [0.2, 0.25) is 0 Å². The first-order chi connectivity index (χ1) is 10.2. The van der Waals surface area contributed by atoms with Gasteiger partial charge in [0.25, 0.3) is 0 Å². The Bertz CT molecular complexity index is 760. The molecule has 0 fully saturated rings. The molecule has 21 heavy (non-hydrogen) atoms. The molecule has 3 rings (SSSR count). The Kier molecular flexibility index (Phi) is 4.03. The van der Waals surface area contributed by atoms with Crippen molar-refractivity contribution in [2.45, 2.75) is 33.0 Å². The Labute approximate surface area is 131 Å². The number of halogens is 1. The van der Waals surface area contributed by atoms with E-state index in [0.717, 1.165) is 40.0 Å². The van der Waals surface area contributed by atoms with E-state index >= 15 is 0 Å². The maximum absolute atomic E-state index is 5.57. The lowest BCUT2D eigenvalue weighted by Crippen LogP contribution is -2.09. The van der Waals surface area contributed by atoms with E-state index in [1.165, 1.54) is 0 Å². The van der Waals surface area contributed by atoms with E-state index in [1.807, 2.05) is 18.3 Å². The van der Waals surface area contributed by atoms with Crippen LogP contribution in [0.1, 0.15) is 24.9 Å². The third kappa shape index (κ3) is 2.84. The lowest BCUT2D eigenvalue weighted by molar-refractivity contribution is 0.578. The Morgan fingerprint density at radius 2 is 2.19 bits per heavy atom. The second kappa shape index (κ2) is 5.95. The number of nitrogens with two attached hydrogens (primary N) is 1. The van der Waals surface area contributed by atoms with E-state index in [9.17, 15) is 0 Å². The lowest BCUT2D eigenvalue weighted by Gasteiger charge is -2.07. The van der Waals surface area contributed by atoms with Crippen molar-refractivity contribution in [2.24, 2.45) is 5.73 Å². The third-order valence-corrected chi connectivity index (χ3v) is 3.83. The van der Waals surface area contributed by atoms with Gasteiger partial charge in [-0.2, -0.15) is 0 Å². The van der Waals surface area contributed by atoms with Crippen molar-refractivity contribution in [2.75, 3.05) is 0 Å². The molecule has 7 heteroatoms. The summed E-state index contributed by atoms with van der Waals surface area (Å²) in [5, 5.41) is 8.11. The minimum absolute atomic E-state index is 0.401. The van der Waals surface area contributed by atoms with Gasteiger partial charge in [-0.1, -0.05) is 28.1 Å². The van der Waals surface area contributed by atoms with E-state index in [-0.39, 0.29) is 0 Å². The fourth-order valence-corrected chi connectivity index (χ4v) is 2.75.